The van der Waals surface area contributed by atoms with Gasteiger partial charge in [0.1, 0.15) is 5.75 Å². The van der Waals surface area contributed by atoms with Gasteiger partial charge in [0.05, 0.1) is 11.0 Å². The van der Waals surface area contributed by atoms with Crippen LogP contribution in [-0.2, 0) is 0 Å². The highest BCUT2D eigenvalue weighted by atomic mass is 16.4. The van der Waals surface area contributed by atoms with Crippen LogP contribution in [0.15, 0.2) is 42.6 Å². The van der Waals surface area contributed by atoms with Crippen LogP contribution in [0.3, 0.4) is 0 Å². The quantitative estimate of drug-likeness (QED) is 0.456. The van der Waals surface area contributed by atoms with Gasteiger partial charge in [-0.25, -0.2) is 9.78 Å². The Kier molecular flexibility index (Phi) is 3.28. The monoisotopic (exact) mass is 334 g/mol. The number of aromatic hydroxyl groups is 1. The highest BCUT2D eigenvalue weighted by molar-refractivity contribution is 6.12. The van der Waals surface area contributed by atoms with E-state index in [4.69, 9.17) is 0 Å². The Balaban J connectivity index is 1.97. The van der Waals surface area contributed by atoms with E-state index in [-0.39, 0.29) is 11.4 Å². The van der Waals surface area contributed by atoms with Crippen LogP contribution in [-0.4, -0.2) is 31.1 Å². The third kappa shape index (κ3) is 2.61. The van der Waals surface area contributed by atoms with Crippen LogP contribution in [0.1, 0.15) is 16.2 Å². The summed E-state index contributed by atoms with van der Waals surface area (Å²) in [5.74, 6) is -0.579. The maximum Gasteiger partial charge on any atom is 0.354 e. The fourth-order valence-corrected chi connectivity index (χ4v) is 2.85. The molecule has 0 aliphatic rings. The van der Waals surface area contributed by atoms with E-state index in [1.165, 1.54) is 6.07 Å². The van der Waals surface area contributed by atoms with E-state index < -0.39 is 5.97 Å². The number of anilines is 2. The number of phenols is 1. The minimum atomic E-state index is -1.11. The first-order valence-corrected chi connectivity index (χ1v) is 7.60. The molecule has 4 rings (SSSR count). The number of hydrogen-bond donors (Lipinski definition) is 4. The zero-order valence-electron chi connectivity index (χ0n) is 13.2. The lowest BCUT2D eigenvalue weighted by Crippen LogP contribution is -2.04. The van der Waals surface area contributed by atoms with Crippen molar-refractivity contribution in [3.05, 3.63) is 54.0 Å². The van der Waals surface area contributed by atoms with Crippen LogP contribution >= 0.6 is 0 Å². The average molecular weight is 334 g/mol. The first-order chi connectivity index (χ1) is 12.0. The maximum absolute atomic E-state index is 11.5. The van der Waals surface area contributed by atoms with E-state index in [9.17, 15) is 15.0 Å². The van der Waals surface area contributed by atoms with Gasteiger partial charge in [0.2, 0.25) is 0 Å². The number of H-pyrrole nitrogens is 1. The van der Waals surface area contributed by atoms with E-state index in [2.05, 4.69) is 20.3 Å². The number of aromatic carboxylic acids is 1. The molecule has 25 heavy (non-hydrogen) atoms. The average Bonchev–Trinajstić information content (AvgIpc) is 2.92. The molecule has 7 nitrogen and oxygen atoms in total. The van der Waals surface area contributed by atoms with Gasteiger partial charge in [-0.3, -0.25) is 4.98 Å². The van der Waals surface area contributed by atoms with Gasteiger partial charge < -0.3 is 20.5 Å². The first kappa shape index (κ1) is 14.9. The molecule has 124 valence electrons. The number of nitrogens with one attached hydrogen (secondary N) is 2. The predicted molar refractivity (Wildman–Crippen MR) is 94.5 cm³/mol. The molecule has 0 spiro atoms. The third-order valence-electron chi connectivity index (χ3n) is 3.95. The Bertz CT molecular complexity index is 1130. The molecular weight excluding hydrogens is 320 g/mol. The molecule has 3 heterocycles. The molecule has 0 amide bonds. The molecule has 0 radical (unpaired) electrons. The van der Waals surface area contributed by atoms with Crippen molar-refractivity contribution in [2.45, 2.75) is 6.92 Å². The number of aromatic nitrogens is 3. The van der Waals surface area contributed by atoms with E-state index in [1.54, 1.807) is 30.5 Å². The number of nitrogens with zero attached hydrogens (tertiary/aromatic N) is 2. The van der Waals surface area contributed by atoms with Gasteiger partial charge in [-0.15, -0.1) is 0 Å². The number of benzene rings is 1. The number of carbonyl (C=O) groups is 1. The molecule has 4 aromatic rings. The van der Waals surface area contributed by atoms with E-state index >= 15 is 0 Å². The van der Waals surface area contributed by atoms with Crippen LogP contribution in [0.2, 0.25) is 0 Å². The normalized spacial score (nSPS) is 11.1. The highest BCUT2D eigenvalue weighted by Gasteiger charge is 2.16. The SMILES string of the molecule is Cc1cc(Nc2nc(C(=O)O)cc3c2[nH]c2cc(O)ccc23)ccn1. The molecule has 0 bridgehead atoms. The Morgan fingerprint density at radius 1 is 1.16 bits per heavy atom. The third-order valence-corrected chi connectivity index (χ3v) is 3.95. The molecule has 0 fully saturated rings. The summed E-state index contributed by atoms with van der Waals surface area (Å²) in [4.78, 5) is 23.0. The van der Waals surface area contributed by atoms with Gasteiger partial charge in [0, 0.05) is 34.4 Å². The van der Waals surface area contributed by atoms with Crippen molar-refractivity contribution >= 4 is 39.3 Å². The zero-order chi connectivity index (χ0) is 17.6. The Labute approximate surface area is 142 Å². The van der Waals surface area contributed by atoms with Gasteiger partial charge in [0.15, 0.2) is 11.5 Å². The number of hydrogen-bond acceptors (Lipinski definition) is 5. The highest BCUT2D eigenvalue weighted by Crippen LogP contribution is 2.33. The van der Waals surface area contributed by atoms with Crippen LogP contribution in [0.5, 0.6) is 5.75 Å². The topological polar surface area (TPSA) is 111 Å². The van der Waals surface area contributed by atoms with Crippen molar-refractivity contribution in [1.82, 2.24) is 15.0 Å². The maximum atomic E-state index is 11.5. The number of carboxylic acids is 1. The molecule has 3 aromatic heterocycles. The lowest BCUT2D eigenvalue weighted by atomic mass is 10.1. The van der Waals surface area contributed by atoms with Crippen molar-refractivity contribution in [3.63, 3.8) is 0 Å². The van der Waals surface area contributed by atoms with Crippen molar-refractivity contribution in [3.8, 4) is 5.75 Å². The number of carboxylic acid groups (broad SMARTS) is 1. The second-order valence-corrected chi connectivity index (χ2v) is 5.75. The van der Waals surface area contributed by atoms with Gasteiger partial charge in [-0.05, 0) is 37.3 Å². The van der Waals surface area contributed by atoms with Crippen molar-refractivity contribution < 1.29 is 15.0 Å². The fraction of sp³-hybridized carbons (Fsp3) is 0.0556. The number of aryl methyl sites for hydroxylation is 1. The molecule has 0 aliphatic carbocycles. The zero-order valence-corrected chi connectivity index (χ0v) is 13.2. The van der Waals surface area contributed by atoms with Crippen LogP contribution in [0.4, 0.5) is 11.5 Å². The van der Waals surface area contributed by atoms with Gasteiger partial charge in [-0.1, -0.05) is 0 Å². The molecular formula is C18H14N4O3. The van der Waals surface area contributed by atoms with E-state index in [0.717, 1.165) is 22.2 Å². The summed E-state index contributed by atoms with van der Waals surface area (Å²) in [6, 6.07) is 10.1. The van der Waals surface area contributed by atoms with Gasteiger partial charge >= 0.3 is 5.97 Å². The van der Waals surface area contributed by atoms with Crippen molar-refractivity contribution in [1.29, 1.82) is 0 Å². The summed E-state index contributed by atoms with van der Waals surface area (Å²) >= 11 is 0. The molecule has 4 N–H and O–H groups in total. The van der Waals surface area contributed by atoms with Crippen LogP contribution in [0, 0.1) is 6.92 Å². The number of aromatic amines is 1. The molecule has 0 atom stereocenters. The number of fused-ring (bicyclic) bond motifs is 3. The predicted octanol–water partition coefficient (Wildman–Crippen LogP) is 3.57. The molecule has 1 aromatic carbocycles. The number of rotatable bonds is 3. The Hall–Kier alpha value is -3.61. The molecule has 7 heteroatoms. The van der Waals surface area contributed by atoms with E-state index in [1.807, 2.05) is 13.0 Å². The fourth-order valence-electron chi connectivity index (χ4n) is 2.85. The number of pyridine rings is 2. The number of phenolic OH excluding ortho intramolecular Hbond substituents is 1. The van der Waals surface area contributed by atoms with Crippen LogP contribution < -0.4 is 5.32 Å². The van der Waals surface area contributed by atoms with Gasteiger partial charge in [-0.2, -0.15) is 0 Å². The van der Waals surface area contributed by atoms with Crippen molar-refractivity contribution in [2.75, 3.05) is 5.32 Å². The van der Waals surface area contributed by atoms with Crippen LogP contribution in [0.25, 0.3) is 21.8 Å². The molecule has 0 unspecified atom stereocenters. The summed E-state index contributed by atoms with van der Waals surface area (Å²) in [6.45, 7) is 1.87. The first-order valence-electron chi connectivity index (χ1n) is 7.60. The summed E-state index contributed by atoms with van der Waals surface area (Å²) in [5, 5.41) is 23.7. The molecule has 0 saturated heterocycles. The smallest absolute Gasteiger partial charge is 0.354 e. The second-order valence-electron chi connectivity index (χ2n) is 5.75. The minimum absolute atomic E-state index is 0.0604. The lowest BCUT2D eigenvalue weighted by Gasteiger charge is -2.08. The lowest BCUT2D eigenvalue weighted by molar-refractivity contribution is 0.0691. The van der Waals surface area contributed by atoms with Gasteiger partial charge in [0.25, 0.3) is 0 Å². The van der Waals surface area contributed by atoms with E-state index in [0.29, 0.717) is 16.9 Å². The summed E-state index contributed by atoms with van der Waals surface area (Å²) in [5.41, 5.74) is 2.89. The Morgan fingerprint density at radius 3 is 2.76 bits per heavy atom. The van der Waals surface area contributed by atoms with Crippen molar-refractivity contribution in [2.24, 2.45) is 0 Å². The standard InChI is InChI=1S/C18H14N4O3/c1-9-6-10(4-5-19-9)20-17-16-13(8-15(22-17)18(24)25)12-3-2-11(23)7-14(12)21-16/h2-8,21,23H,1H3,(H,24,25)(H,19,20,22). The molecule has 0 saturated carbocycles. The molecule has 0 aliphatic heterocycles. The largest absolute Gasteiger partial charge is 0.508 e. The summed E-state index contributed by atoms with van der Waals surface area (Å²) in [6.07, 6.45) is 1.67. The Morgan fingerprint density at radius 2 is 2.00 bits per heavy atom. The summed E-state index contributed by atoms with van der Waals surface area (Å²) in [7, 11) is 0. The minimum Gasteiger partial charge on any atom is -0.508 e. The summed E-state index contributed by atoms with van der Waals surface area (Å²) < 4.78 is 0. The second kappa shape index (κ2) is 5.48.